The zero-order valence-corrected chi connectivity index (χ0v) is 12.9. The van der Waals surface area contributed by atoms with Gasteiger partial charge in [0, 0.05) is 28.5 Å². The minimum Gasteiger partial charge on any atom is -0.341 e. The second-order valence-electron chi connectivity index (χ2n) is 4.25. The van der Waals surface area contributed by atoms with Crippen molar-refractivity contribution in [1.29, 1.82) is 0 Å². The zero-order chi connectivity index (χ0) is 15.2. The molecule has 2 aromatic rings. The van der Waals surface area contributed by atoms with Crippen LogP contribution in [-0.4, -0.2) is 19.0 Å². The van der Waals surface area contributed by atoms with Crippen LogP contribution in [0.1, 0.15) is 10.4 Å². The fraction of sp³-hybridized carbons (Fsp3) is 0.0667. The van der Waals surface area contributed by atoms with Gasteiger partial charge in [-0.2, -0.15) is 0 Å². The van der Waals surface area contributed by atoms with E-state index in [0.29, 0.717) is 16.9 Å². The van der Waals surface area contributed by atoms with Gasteiger partial charge in [0.05, 0.1) is 0 Å². The van der Waals surface area contributed by atoms with Gasteiger partial charge in [0.15, 0.2) is 0 Å². The van der Waals surface area contributed by atoms with Crippen LogP contribution in [0.4, 0.5) is 16.2 Å². The van der Waals surface area contributed by atoms with E-state index < -0.39 is 0 Å². The summed E-state index contributed by atoms with van der Waals surface area (Å²) in [6.45, 7) is 0. The molecule has 0 aliphatic heterocycles. The Morgan fingerprint density at radius 1 is 0.952 bits per heavy atom. The van der Waals surface area contributed by atoms with E-state index in [1.807, 2.05) is 0 Å². The number of amides is 3. The van der Waals surface area contributed by atoms with E-state index in [1.165, 1.54) is 7.05 Å². The van der Waals surface area contributed by atoms with Crippen LogP contribution in [-0.2, 0) is 0 Å². The van der Waals surface area contributed by atoms with Gasteiger partial charge in [-0.1, -0.05) is 22.0 Å². The highest BCUT2D eigenvalue weighted by Crippen LogP contribution is 2.17. The highest BCUT2D eigenvalue weighted by molar-refractivity contribution is 9.10. The smallest absolute Gasteiger partial charge is 0.318 e. The Kier molecular flexibility index (Phi) is 4.94. The number of hydrogen-bond donors (Lipinski definition) is 3. The third-order valence-corrected chi connectivity index (χ3v) is 3.24. The number of carbonyl (C=O) groups is 2. The second-order valence-corrected chi connectivity index (χ2v) is 5.16. The van der Waals surface area contributed by atoms with Crippen LogP contribution >= 0.6 is 15.9 Å². The molecule has 3 amide bonds. The predicted molar refractivity (Wildman–Crippen MR) is 86.6 cm³/mol. The molecule has 3 N–H and O–H groups in total. The molecule has 6 heteroatoms. The van der Waals surface area contributed by atoms with E-state index in [4.69, 9.17) is 0 Å². The third-order valence-electron chi connectivity index (χ3n) is 2.71. The van der Waals surface area contributed by atoms with Gasteiger partial charge < -0.3 is 16.0 Å². The first kappa shape index (κ1) is 15.1. The van der Waals surface area contributed by atoms with E-state index in [1.54, 1.807) is 48.5 Å². The Bertz CT molecular complexity index is 656. The van der Waals surface area contributed by atoms with E-state index in [-0.39, 0.29) is 11.9 Å². The molecule has 0 saturated heterocycles. The molecule has 0 fully saturated rings. The summed E-state index contributed by atoms with van der Waals surface area (Å²) in [6.07, 6.45) is 0. The first-order chi connectivity index (χ1) is 10.1. The highest BCUT2D eigenvalue weighted by atomic mass is 79.9. The number of nitrogens with one attached hydrogen (secondary N) is 3. The monoisotopic (exact) mass is 347 g/mol. The molecule has 0 aliphatic rings. The van der Waals surface area contributed by atoms with Crippen LogP contribution in [0.2, 0.25) is 0 Å². The first-order valence-corrected chi connectivity index (χ1v) is 7.03. The number of hydrogen-bond acceptors (Lipinski definition) is 2. The summed E-state index contributed by atoms with van der Waals surface area (Å²) < 4.78 is 0.913. The molecule has 0 unspecified atom stereocenters. The summed E-state index contributed by atoms with van der Waals surface area (Å²) in [4.78, 5) is 23.3. The van der Waals surface area contributed by atoms with Crippen LogP contribution in [0.3, 0.4) is 0 Å². The Labute approximate surface area is 130 Å². The van der Waals surface area contributed by atoms with E-state index in [0.717, 1.165) is 4.47 Å². The van der Waals surface area contributed by atoms with Crippen molar-refractivity contribution in [2.24, 2.45) is 0 Å². The predicted octanol–water partition coefficient (Wildman–Crippen LogP) is 3.45. The maximum absolute atomic E-state index is 12.1. The van der Waals surface area contributed by atoms with Gasteiger partial charge >= 0.3 is 6.03 Å². The number of rotatable bonds is 3. The zero-order valence-electron chi connectivity index (χ0n) is 11.3. The van der Waals surface area contributed by atoms with Crippen molar-refractivity contribution in [3.05, 3.63) is 58.6 Å². The number of urea groups is 1. The lowest BCUT2D eigenvalue weighted by Crippen LogP contribution is -2.24. The number of anilines is 2. The summed E-state index contributed by atoms with van der Waals surface area (Å²) in [5.41, 5.74) is 1.77. The third kappa shape index (κ3) is 4.32. The quantitative estimate of drug-likeness (QED) is 0.795. The molecular weight excluding hydrogens is 334 g/mol. The van der Waals surface area contributed by atoms with Gasteiger partial charge in [-0.25, -0.2) is 4.79 Å². The summed E-state index contributed by atoms with van der Waals surface area (Å²) in [5, 5.41) is 7.89. The molecule has 0 saturated carbocycles. The van der Waals surface area contributed by atoms with Crippen molar-refractivity contribution in [2.75, 3.05) is 17.7 Å². The van der Waals surface area contributed by atoms with Crippen LogP contribution in [0.15, 0.2) is 53.0 Å². The number of carbonyl (C=O) groups excluding carboxylic acids is 2. The number of benzene rings is 2. The van der Waals surface area contributed by atoms with Crippen molar-refractivity contribution in [2.45, 2.75) is 0 Å². The molecule has 0 bridgehead atoms. The summed E-state index contributed by atoms with van der Waals surface area (Å²) >= 11 is 3.32. The fourth-order valence-electron chi connectivity index (χ4n) is 1.67. The summed E-state index contributed by atoms with van der Waals surface area (Å²) in [7, 11) is 1.54. The Hall–Kier alpha value is -2.34. The van der Waals surface area contributed by atoms with Crippen molar-refractivity contribution in [1.82, 2.24) is 5.32 Å². The van der Waals surface area contributed by atoms with Gasteiger partial charge in [-0.3, -0.25) is 4.79 Å². The van der Waals surface area contributed by atoms with Gasteiger partial charge in [0.25, 0.3) is 5.91 Å². The lowest BCUT2D eigenvalue weighted by Gasteiger charge is -2.08. The largest absolute Gasteiger partial charge is 0.341 e. The molecule has 108 valence electrons. The van der Waals surface area contributed by atoms with Gasteiger partial charge in [0.2, 0.25) is 0 Å². The molecule has 0 heterocycles. The lowest BCUT2D eigenvalue weighted by molar-refractivity contribution is 0.102. The van der Waals surface area contributed by atoms with E-state index in [9.17, 15) is 9.59 Å². The van der Waals surface area contributed by atoms with Crippen LogP contribution in [0, 0.1) is 0 Å². The topological polar surface area (TPSA) is 70.2 Å². The van der Waals surface area contributed by atoms with Gasteiger partial charge in [-0.15, -0.1) is 0 Å². The molecule has 0 aromatic heterocycles. The van der Waals surface area contributed by atoms with Gasteiger partial charge in [0.1, 0.15) is 0 Å². The maximum atomic E-state index is 12.1. The Morgan fingerprint density at radius 3 is 2.19 bits per heavy atom. The average molecular weight is 348 g/mol. The SMILES string of the molecule is CNC(=O)Nc1cccc(NC(=O)c2ccc(Br)cc2)c1. The molecule has 0 atom stereocenters. The molecule has 5 nitrogen and oxygen atoms in total. The molecule has 0 aliphatic carbocycles. The molecule has 2 rings (SSSR count). The molecule has 0 spiro atoms. The highest BCUT2D eigenvalue weighted by Gasteiger charge is 2.06. The molecule has 2 aromatic carbocycles. The van der Waals surface area contributed by atoms with Crippen LogP contribution < -0.4 is 16.0 Å². The van der Waals surface area contributed by atoms with Crippen molar-refractivity contribution >= 4 is 39.2 Å². The lowest BCUT2D eigenvalue weighted by atomic mass is 10.2. The van der Waals surface area contributed by atoms with Crippen molar-refractivity contribution in [3.63, 3.8) is 0 Å². The molecule has 21 heavy (non-hydrogen) atoms. The fourth-order valence-corrected chi connectivity index (χ4v) is 1.94. The van der Waals surface area contributed by atoms with E-state index >= 15 is 0 Å². The van der Waals surface area contributed by atoms with E-state index in [2.05, 4.69) is 31.9 Å². The van der Waals surface area contributed by atoms with Crippen molar-refractivity contribution < 1.29 is 9.59 Å². The Morgan fingerprint density at radius 2 is 1.57 bits per heavy atom. The standard InChI is InChI=1S/C15H14BrN3O2/c1-17-15(21)19-13-4-2-3-12(9-13)18-14(20)10-5-7-11(16)8-6-10/h2-9H,1H3,(H,18,20)(H2,17,19,21). The normalized spacial score (nSPS) is 9.81. The molecular formula is C15H14BrN3O2. The average Bonchev–Trinajstić information content (AvgIpc) is 2.48. The minimum absolute atomic E-state index is 0.209. The molecule has 0 radical (unpaired) electrons. The Balaban J connectivity index is 2.08. The minimum atomic E-state index is -0.314. The number of halogens is 1. The van der Waals surface area contributed by atoms with Crippen LogP contribution in [0.5, 0.6) is 0 Å². The first-order valence-electron chi connectivity index (χ1n) is 6.24. The summed E-state index contributed by atoms with van der Waals surface area (Å²) in [5.74, 6) is -0.209. The maximum Gasteiger partial charge on any atom is 0.318 e. The van der Waals surface area contributed by atoms with Gasteiger partial charge in [-0.05, 0) is 42.5 Å². The van der Waals surface area contributed by atoms with Crippen molar-refractivity contribution in [3.8, 4) is 0 Å². The summed E-state index contributed by atoms with van der Waals surface area (Å²) in [6, 6.07) is 13.7. The van der Waals surface area contributed by atoms with Crippen LogP contribution in [0.25, 0.3) is 0 Å². The second kappa shape index (κ2) is 6.90.